The summed E-state index contributed by atoms with van der Waals surface area (Å²) in [6, 6.07) is 16.0. The summed E-state index contributed by atoms with van der Waals surface area (Å²) in [5.41, 5.74) is 2.61. The molecule has 1 aliphatic rings. The SMILES string of the molecule is Cc1cc(C)n(-c2cc(NC(=O)C3CCCN3C(=O)OCc3ccccc3)nc(-c3ccc(C)o3)n2)n1. The average Bonchev–Trinajstić information content (AvgIpc) is 3.63. The molecule has 0 spiro atoms. The summed E-state index contributed by atoms with van der Waals surface area (Å²) in [5, 5.41) is 7.39. The van der Waals surface area contributed by atoms with E-state index in [4.69, 9.17) is 9.15 Å². The van der Waals surface area contributed by atoms with Crippen molar-refractivity contribution in [2.24, 2.45) is 0 Å². The summed E-state index contributed by atoms with van der Waals surface area (Å²) in [5.74, 6) is 1.95. The molecule has 1 saturated heterocycles. The maximum Gasteiger partial charge on any atom is 0.410 e. The van der Waals surface area contributed by atoms with Crippen LogP contribution < -0.4 is 5.32 Å². The highest BCUT2D eigenvalue weighted by Gasteiger charge is 2.35. The third kappa shape index (κ3) is 5.37. The molecule has 190 valence electrons. The smallest absolute Gasteiger partial charge is 0.410 e. The first-order valence-electron chi connectivity index (χ1n) is 12.1. The zero-order chi connectivity index (χ0) is 25.9. The lowest BCUT2D eigenvalue weighted by Gasteiger charge is -2.23. The number of ether oxygens (including phenoxy) is 1. The van der Waals surface area contributed by atoms with Gasteiger partial charge in [-0.15, -0.1) is 0 Å². The highest BCUT2D eigenvalue weighted by atomic mass is 16.6. The van der Waals surface area contributed by atoms with Gasteiger partial charge in [0.1, 0.15) is 24.2 Å². The molecule has 0 radical (unpaired) electrons. The van der Waals surface area contributed by atoms with Crippen LogP contribution in [0.4, 0.5) is 10.6 Å². The molecule has 4 aromatic rings. The van der Waals surface area contributed by atoms with E-state index in [0.717, 1.165) is 22.7 Å². The second-order valence-corrected chi connectivity index (χ2v) is 9.07. The van der Waals surface area contributed by atoms with Crippen LogP contribution in [0.3, 0.4) is 0 Å². The monoisotopic (exact) mass is 500 g/mol. The third-order valence-electron chi connectivity index (χ3n) is 6.15. The Bertz CT molecular complexity index is 1430. The Balaban J connectivity index is 1.37. The summed E-state index contributed by atoms with van der Waals surface area (Å²) in [4.78, 5) is 36.7. The largest absolute Gasteiger partial charge is 0.458 e. The van der Waals surface area contributed by atoms with Crippen LogP contribution in [0.25, 0.3) is 17.4 Å². The molecule has 1 aromatic carbocycles. The van der Waals surface area contributed by atoms with Gasteiger partial charge in [0.15, 0.2) is 17.4 Å². The van der Waals surface area contributed by atoms with Crippen molar-refractivity contribution in [2.75, 3.05) is 11.9 Å². The standard InChI is InChI=1S/C27H28N6O4/c1-17-14-18(2)33(31-17)24-15-23(28-25(30-24)22-12-11-19(3)37-22)29-26(34)21-10-7-13-32(21)27(35)36-16-20-8-5-4-6-9-20/h4-6,8-9,11-12,14-15,21H,7,10,13,16H2,1-3H3,(H,28,29,30,34). The van der Waals surface area contributed by atoms with Gasteiger partial charge < -0.3 is 14.5 Å². The number of hydrogen-bond acceptors (Lipinski definition) is 7. The second-order valence-electron chi connectivity index (χ2n) is 9.07. The number of nitrogens with one attached hydrogen (secondary N) is 1. The normalized spacial score (nSPS) is 15.1. The molecule has 1 aliphatic heterocycles. The van der Waals surface area contributed by atoms with Gasteiger partial charge in [0, 0.05) is 18.3 Å². The van der Waals surface area contributed by atoms with E-state index in [9.17, 15) is 9.59 Å². The van der Waals surface area contributed by atoms with Crippen LogP contribution in [-0.4, -0.2) is 49.2 Å². The summed E-state index contributed by atoms with van der Waals surface area (Å²) in [6.45, 7) is 6.25. The maximum absolute atomic E-state index is 13.3. The van der Waals surface area contributed by atoms with Crippen LogP contribution in [0.2, 0.25) is 0 Å². The average molecular weight is 501 g/mol. The Hall–Kier alpha value is -4.47. The zero-order valence-electron chi connectivity index (χ0n) is 21.0. The Morgan fingerprint density at radius 2 is 1.89 bits per heavy atom. The van der Waals surface area contributed by atoms with Gasteiger partial charge in [-0.05, 0) is 57.4 Å². The number of carbonyl (C=O) groups excluding carboxylic acids is 2. The van der Waals surface area contributed by atoms with Crippen molar-refractivity contribution in [3.05, 3.63) is 77.3 Å². The van der Waals surface area contributed by atoms with Crippen LogP contribution in [0.1, 0.15) is 35.6 Å². The number of amides is 2. The molecule has 3 aromatic heterocycles. The summed E-state index contributed by atoms with van der Waals surface area (Å²) in [6.07, 6.45) is 0.724. The minimum atomic E-state index is -0.662. The number of hydrogen-bond donors (Lipinski definition) is 1. The van der Waals surface area contributed by atoms with Gasteiger partial charge >= 0.3 is 6.09 Å². The van der Waals surface area contributed by atoms with E-state index >= 15 is 0 Å². The van der Waals surface area contributed by atoms with Crippen molar-refractivity contribution in [3.63, 3.8) is 0 Å². The topological polar surface area (TPSA) is 115 Å². The Labute approximate surface area is 214 Å². The van der Waals surface area contributed by atoms with Gasteiger partial charge in [-0.3, -0.25) is 9.69 Å². The zero-order valence-corrected chi connectivity index (χ0v) is 21.0. The molecule has 0 bridgehead atoms. The quantitative estimate of drug-likeness (QED) is 0.412. The second kappa shape index (κ2) is 10.3. The number of rotatable bonds is 6. The summed E-state index contributed by atoms with van der Waals surface area (Å²) >= 11 is 0. The van der Waals surface area contributed by atoms with E-state index in [-0.39, 0.29) is 18.3 Å². The molecule has 10 heteroatoms. The van der Waals surface area contributed by atoms with Crippen molar-refractivity contribution >= 4 is 17.8 Å². The first kappa shape index (κ1) is 24.2. The lowest BCUT2D eigenvalue weighted by molar-refractivity contribution is -0.120. The number of benzene rings is 1. The van der Waals surface area contributed by atoms with Gasteiger partial charge in [0.2, 0.25) is 5.91 Å². The summed E-state index contributed by atoms with van der Waals surface area (Å²) < 4.78 is 12.9. The predicted molar refractivity (Wildman–Crippen MR) is 136 cm³/mol. The molecule has 0 aliphatic carbocycles. The van der Waals surface area contributed by atoms with Gasteiger partial charge in [0.05, 0.1) is 5.69 Å². The molecule has 4 heterocycles. The number of furan rings is 1. The first-order valence-corrected chi connectivity index (χ1v) is 12.1. The van der Waals surface area contributed by atoms with E-state index < -0.39 is 12.1 Å². The van der Waals surface area contributed by atoms with Crippen LogP contribution in [0.5, 0.6) is 0 Å². The molecular formula is C27H28N6O4. The first-order chi connectivity index (χ1) is 17.9. The van der Waals surface area contributed by atoms with E-state index in [1.807, 2.05) is 63.2 Å². The minimum absolute atomic E-state index is 0.147. The van der Waals surface area contributed by atoms with Gasteiger partial charge in [0.25, 0.3) is 0 Å². The molecular weight excluding hydrogens is 472 g/mol. The number of anilines is 1. The molecule has 10 nitrogen and oxygen atoms in total. The van der Waals surface area contributed by atoms with Crippen LogP contribution in [0, 0.1) is 20.8 Å². The van der Waals surface area contributed by atoms with Crippen molar-refractivity contribution in [1.29, 1.82) is 0 Å². The number of likely N-dealkylation sites (tertiary alicyclic amines) is 1. The van der Waals surface area contributed by atoms with Crippen molar-refractivity contribution < 1.29 is 18.7 Å². The van der Waals surface area contributed by atoms with Crippen LogP contribution in [0.15, 0.2) is 59.0 Å². The van der Waals surface area contributed by atoms with Crippen molar-refractivity contribution in [3.8, 4) is 17.4 Å². The summed E-state index contributed by atoms with van der Waals surface area (Å²) in [7, 11) is 0. The number of carbonyl (C=O) groups is 2. The van der Waals surface area contributed by atoms with Crippen molar-refractivity contribution in [2.45, 2.75) is 46.3 Å². The maximum atomic E-state index is 13.3. The van der Waals surface area contributed by atoms with E-state index in [2.05, 4.69) is 20.4 Å². The van der Waals surface area contributed by atoms with E-state index in [1.165, 1.54) is 4.90 Å². The molecule has 1 atom stereocenters. The molecule has 1 unspecified atom stereocenters. The Morgan fingerprint density at radius 1 is 1.08 bits per heavy atom. The molecule has 5 rings (SSSR count). The van der Waals surface area contributed by atoms with Gasteiger partial charge in [-0.2, -0.15) is 5.10 Å². The van der Waals surface area contributed by atoms with E-state index in [1.54, 1.807) is 16.8 Å². The van der Waals surface area contributed by atoms with Crippen molar-refractivity contribution in [1.82, 2.24) is 24.6 Å². The fourth-order valence-electron chi connectivity index (χ4n) is 4.40. The highest BCUT2D eigenvalue weighted by Crippen LogP contribution is 2.25. The lowest BCUT2D eigenvalue weighted by Crippen LogP contribution is -2.43. The Kier molecular flexibility index (Phi) is 6.72. The molecule has 37 heavy (non-hydrogen) atoms. The predicted octanol–water partition coefficient (Wildman–Crippen LogP) is 4.59. The van der Waals surface area contributed by atoms with Gasteiger partial charge in [-0.25, -0.2) is 19.4 Å². The van der Waals surface area contributed by atoms with Crippen LogP contribution in [-0.2, 0) is 16.1 Å². The number of aromatic nitrogens is 4. The molecule has 1 fully saturated rings. The molecule has 1 N–H and O–H groups in total. The highest BCUT2D eigenvalue weighted by molar-refractivity contribution is 5.96. The lowest BCUT2D eigenvalue weighted by atomic mass is 10.2. The number of aryl methyl sites for hydroxylation is 3. The van der Waals surface area contributed by atoms with E-state index in [0.29, 0.717) is 36.8 Å². The number of nitrogens with zero attached hydrogens (tertiary/aromatic N) is 5. The molecule has 0 saturated carbocycles. The third-order valence-corrected chi connectivity index (χ3v) is 6.15. The fraction of sp³-hybridized carbons (Fsp3) is 0.296. The minimum Gasteiger partial charge on any atom is -0.458 e. The van der Waals surface area contributed by atoms with Crippen LogP contribution >= 0.6 is 0 Å². The Morgan fingerprint density at radius 3 is 2.59 bits per heavy atom. The van der Waals surface area contributed by atoms with Gasteiger partial charge in [-0.1, -0.05) is 30.3 Å². The fourth-order valence-corrected chi connectivity index (χ4v) is 4.40. The molecule has 2 amide bonds.